The third-order valence-corrected chi connectivity index (χ3v) is 0.824. The van der Waals surface area contributed by atoms with Gasteiger partial charge in [0.2, 0.25) is 0 Å². The Labute approximate surface area is 47.9 Å². The summed E-state index contributed by atoms with van der Waals surface area (Å²) in [4.78, 5) is 10.4. The average Bonchev–Trinajstić information content (AvgIpc) is 1.64. The van der Waals surface area contributed by atoms with Crippen molar-refractivity contribution in [3.05, 3.63) is 23.9 Å². The number of carbonyl (C=O) groups excluding carboxylic acids is 1. The van der Waals surface area contributed by atoms with Crippen LogP contribution in [0.2, 0.25) is 0 Å². The van der Waals surface area contributed by atoms with Crippen LogP contribution in [0.5, 0.6) is 0 Å². The molecule has 1 rings (SSSR count). The molecular formula is C6H5NO. The van der Waals surface area contributed by atoms with E-state index in [9.17, 15) is 4.79 Å². The van der Waals surface area contributed by atoms with Crippen molar-refractivity contribution in [3.8, 4) is 0 Å². The first-order valence-corrected chi connectivity index (χ1v) is 2.30. The second kappa shape index (κ2) is 1.82. The molecule has 0 saturated heterocycles. The Kier molecular flexibility index (Phi) is 1.16. The van der Waals surface area contributed by atoms with Gasteiger partial charge in [0.1, 0.15) is 0 Å². The van der Waals surface area contributed by atoms with Crippen LogP contribution in [0.15, 0.2) is 17.8 Å². The van der Waals surface area contributed by atoms with Crippen molar-refractivity contribution in [2.45, 2.75) is 6.92 Å². The molecule has 0 aromatic rings. The fourth-order valence-corrected chi connectivity index (χ4v) is 0.462. The number of allylic oxidation sites excluding steroid dienone is 2. The second-order valence-corrected chi connectivity index (χ2v) is 1.57. The highest BCUT2D eigenvalue weighted by Crippen LogP contribution is 1.96. The van der Waals surface area contributed by atoms with Gasteiger partial charge < -0.3 is 0 Å². The van der Waals surface area contributed by atoms with E-state index < -0.39 is 0 Å². The van der Waals surface area contributed by atoms with Gasteiger partial charge in [0.25, 0.3) is 5.91 Å². The van der Waals surface area contributed by atoms with Gasteiger partial charge in [0.05, 0.1) is 0 Å². The van der Waals surface area contributed by atoms with E-state index in [2.05, 4.69) is 11.4 Å². The maximum Gasteiger partial charge on any atom is 0.269 e. The van der Waals surface area contributed by atoms with Crippen molar-refractivity contribution in [1.29, 1.82) is 0 Å². The Morgan fingerprint density at radius 1 is 1.75 bits per heavy atom. The molecule has 1 amide bonds. The molecule has 2 radical (unpaired) electrons. The highest BCUT2D eigenvalue weighted by atomic mass is 16.1. The van der Waals surface area contributed by atoms with Crippen molar-refractivity contribution >= 4 is 5.91 Å². The molecule has 1 aliphatic rings. The molecule has 2 nitrogen and oxygen atoms in total. The van der Waals surface area contributed by atoms with Crippen molar-refractivity contribution in [3.63, 3.8) is 0 Å². The second-order valence-electron chi connectivity index (χ2n) is 1.57. The van der Waals surface area contributed by atoms with Crippen LogP contribution in [-0.4, -0.2) is 5.91 Å². The molecule has 0 aliphatic carbocycles. The summed E-state index contributed by atoms with van der Waals surface area (Å²) in [5, 5.41) is 3.43. The van der Waals surface area contributed by atoms with Gasteiger partial charge in [-0.15, -0.1) is 0 Å². The van der Waals surface area contributed by atoms with Gasteiger partial charge in [-0.1, -0.05) is 0 Å². The molecule has 40 valence electrons. The minimum absolute atomic E-state index is 0.193. The lowest BCUT2D eigenvalue weighted by Crippen LogP contribution is -2.09. The number of hydrogen-bond acceptors (Lipinski definition) is 1. The molecule has 0 N–H and O–H groups in total. The Bertz CT molecular complexity index is 167. The molecular weight excluding hydrogens is 102 g/mol. The van der Waals surface area contributed by atoms with Crippen molar-refractivity contribution in [2.75, 3.05) is 0 Å². The number of hydrogen-bond donors (Lipinski definition) is 0. The van der Waals surface area contributed by atoms with Gasteiger partial charge in [-0.25, -0.2) is 5.32 Å². The van der Waals surface area contributed by atoms with Crippen LogP contribution in [0.4, 0.5) is 0 Å². The maximum absolute atomic E-state index is 10.4. The van der Waals surface area contributed by atoms with Crippen molar-refractivity contribution in [1.82, 2.24) is 5.32 Å². The molecule has 1 aliphatic heterocycles. The van der Waals surface area contributed by atoms with Gasteiger partial charge in [-0.2, -0.15) is 0 Å². The van der Waals surface area contributed by atoms with Crippen molar-refractivity contribution in [2.24, 2.45) is 0 Å². The molecule has 8 heavy (non-hydrogen) atoms. The SMILES string of the molecule is CC1=CC(=O)[N]C=[C]1. The quantitative estimate of drug-likeness (QED) is 0.440. The number of rotatable bonds is 0. The Morgan fingerprint density at radius 2 is 2.50 bits per heavy atom. The summed E-state index contributed by atoms with van der Waals surface area (Å²) < 4.78 is 0. The number of carbonyl (C=O) groups is 1. The Morgan fingerprint density at radius 3 is 2.88 bits per heavy atom. The lowest BCUT2D eigenvalue weighted by atomic mass is 10.2. The number of amides is 1. The van der Waals surface area contributed by atoms with E-state index in [1.807, 2.05) is 6.92 Å². The van der Waals surface area contributed by atoms with Crippen LogP contribution in [0.25, 0.3) is 0 Å². The predicted molar refractivity (Wildman–Crippen MR) is 28.7 cm³/mol. The fraction of sp³-hybridized carbons (Fsp3) is 0.167. The van der Waals surface area contributed by atoms with Crippen LogP contribution in [-0.2, 0) is 4.79 Å². The fourth-order valence-electron chi connectivity index (χ4n) is 0.462. The zero-order valence-corrected chi connectivity index (χ0v) is 4.51. The topological polar surface area (TPSA) is 31.2 Å². The van der Waals surface area contributed by atoms with Gasteiger partial charge >= 0.3 is 0 Å². The minimum atomic E-state index is -0.193. The zero-order chi connectivity index (χ0) is 5.98. The highest BCUT2D eigenvalue weighted by molar-refractivity contribution is 5.89. The molecule has 0 aromatic heterocycles. The average molecular weight is 107 g/mol. The van der Waals surface area contributed by atoms with E-state index in [4.69, 9.17) is 0 Å². The van der Waals surface area contributed by atoms with Crippen LogP contribution >= 0.6 is 0 Å². The van der Waals surface area contributed by atoms with E-state index in [-0.39, 0.29) is 5.91 Å². The molecule has 0 unspecified atom stereocenters. The Balaban J connectivity index is 2.77. The summed E-state index contributed by atoms with van der Waals surface area (Å²) in [7, 11) is 0. The largest absolute Gasteiger partial charge is 0.269 e. The molecule has 0 aromatic carbocycles. The predicted octanol–water partition coefficient (Wildman–Crippen LogP) is 0.394. The maximum atomic E-state index is 10.4. The van der Waals surface area contributed by atoms with Crippen LogP contribution in [0, 0.1) is 6.08 Å². The standard InChI is InChI=1S/C6H5NO/c1-5-2-3-7-6(8)4-5/h3-4H,1H3. The van der Waals surface area contributed by atoms with E-state index in [0.29, 0.717) is 0 Å². The first-order chi connectivity index (χ1) is 3.79. The first-order valence-electron chi connectivity index (χ1n) is 2.30. The van der Waals surface area contributed by atoms with Crippen molar-refractivity contribution < 1.29 is 4.79 Å². The zero-order valence-electron chi connectivity index (χ0n) is 4.51. The third kappa shape index (κ3) is 0.964. The van der Waals surface area contributed by atoms with Crippen LogP contribution < -0.4 is 5.32 Å². The summed E-state index contributed by atoms with van der Waals surface area (Å²) in [5.41, 5.74) is 0.838. The van der Waals surface area contributed by atoms with Gasteiger partial charge in [-0.05, 0) is 12.5 Å². The first kappa shape index (κ1) is 5.09. The smallest absolute Gasteiger partial charge is 0.267 e. The minimum Gasteiger partial charge on any atom is -0.267 e. The van der Waals surface area contributed by atoms with Gasteiger partial charge in [0.15, 0.2) is 0 Å². The Hall–Kier alpha value is -1.05. The van der Waals surface area contributed by atoms with E-state index in [0.717, 1.165) is 5.57 Å². The summed E-state index contributed by atoms with van der Waals surface area (Å²) in [5.74, 6) is -0.193. The molecule has 1 heterocycles. The molecule has 0 atom stereocenters. The van der Waals surface area contributed by atoms with Crippen LogP contribution in [0.1, 0.15) is 6.92 Å². The normalized spacial score (nSPS) is 17.6. The van der Waals surface area contributed by atoms with E-state index in [1.54, 1.807) is 0 Å². The molecule has 0 fully saturated rings. The number of nitrogens with zero attached hydrogens (tertiary/aromatic N) is 1. The van der Waals surface area contributed by atoms with E-state index >= 15 is 0 Å². The monoisotopic (exact) mass is 107 g/mol. The summed E-state index contributed by atoms with van der Waals surface area (Å²) in [6.07, 6.45) is 5.59. The highest BCUT2D eigenvalue weighted by Gasteiger charge is 1.99. The van der Waals surface area contributed by atoms with Crippen LogP contribution in [0.3, 0.4) is 0 Å². The lowest BCUT2D eigenvalue weighted by molar-refractivity contribution is -0.116. The molecule has 0 spiro atoms. The third-order valence-electron chi connectivity index (χ3n) is 0.824. The molecule has 0 saturated carbocycles. The van der Waals surface area contributed by atoms with Gasteiger partial charge in [0, 0.05) is 18.4 Å². The molecule has 0 bridgehead atoms. The van der Waals surface area contributed by atoms with E-state index in [1.165, 1.54) is 12.3 Å². The summed E-state index contributed by atoms with van der Waals surface area (Å²) in [6, 6.07) is 0. The molecule has 2 heteroatoms. The summed E-state index contributed by atoms with van der Waals surface area (Å²) >= 11 is 0. The van der Waals surface area contributed by atoms with Gasteiger partial charge in [-0.3, -0.25) is 4.79 Å². The summed E-state index contributed by atoms with van der Waals surface area (Å²) in [6.45, 7) is 1.81. The lowest BCUT2D eigenvalue weighted by Gasteiger charge is -1.95.